The standard InChI is InChI=1S/C10H17NO4/c1-6-5-7(8(12)13)11(6)9(14)15-10(2,3)4/h6-7H,5H2,1-4H3,(H,12,13)/t6-,7+/m1/s1. The quantitative estimate of drug-likeness (QED) is 0.719. The van der Waals surface area contributed by atoms with E-state index in [1.165, 1.54) is 4.90 Å². The molecule has 0 unspecified atom stereocenters. The van der Waals surface area contributed by atoms with Gasteiger partial charge in [-0.15, -0.1) is 0 Å². The number of hydrogen-bond acceptors (Lipinski definition) is 3. The summed E-state index contributed by atoms with van der Waals surface area (Å²) in [5, 5.41) is 8.82. The van der Waals surface area contributed by atoms with Crippen molar-refractivity contribution in [2.24, 2.45) is 0 Å². The Balaban J connectivity index is 2.62. The van der Waals surface area contributed by atoms with E-state index in [1.807, 2.05) is 6.92 Å². The molecule has 1 saturated heterocycles. The number of ether oxygens (including phenoxy) is 1. The Labute approximate surface area is 89.0 Å². The van der Waals surface area contributed by atoms with Crippen LogP contribution in [0.15, 0.2) is 0 Å². The topological polar surface area (TPSA) is 66.8 Å². The van der Waals surface area contributed by atoms with Crippen molar-refractivity contribution in [1.82, 2.24) is 4.90 Å². The van der Waals surface area contributed by atoms with Crippen molar-refractivity contribution in [3.8, 4) is 0 Å². The van der Waals surface area contributed by atoms with Crippen LogP contribution in [0.2, 0.25) is 0 Å². The lowest BCUT2D eigenvalue weighted by molar-refractivity contribution is -0.150. The number of hydrogen-bond donors (Lipinski definition) is 1. The maximum atomic E-state index is 11.6. The third-order valence-electron chi connectivity index (χ3n) is 2.26. The molecular weight excluding hydrogens is 198 g/mol. The lowest BCUT2D eigenvalue weighted by Gasteiger charge is -2.44. The van der Waals surface area contributed by atoms with Crippen molar-refractivity contribution >= 4 is 12.1 Å². The van der Waals surface area contributed by atoms with E-state index in [0.717, 1.165) is 0 Å². The number of nitrogens with zero attached hydrogens (tertiary/aromatic N) is 1. The minimum atomic E-state index is -0.973. The van der Waals surface area contributed by atoms with Gasteiger partial charge in [0, 0.05) is 6.04 Å². The molecule has 1 fully saturated rings. The molecule has 1 heterocycles. The summed E-state index contributed by atoms with van der Waals surface area (Å²) in [5.41, 5.74) is -0.588. The van der Waals surface area contributed by atoms with Gasteiger partial charge >= 0.3 is 12.1 Å². The van der Waals surface area contributed by atoms with E-state index in [9.17, 15) is 9.59 Å². The van der Waals surface area contributed by atoms with Crippen LogP contribution in [0.5, 0.6) is 0 Å². The molecule has 0 aromatic carbocycles. The van der Waals surface area contributed by atoms with Crippen LogP contribution in [-0.2, 0) is 9.53 Å². The average Bonchev–Trinajstić information content (AvgIpc) is 1.94. The van der Waals surface area contributed by atoms with Gasteiger partial charge < -0.3 is 9.84 Å². The summed E-state index contributed by atoms with van der Waals surface area (Å²) in [6.45, 7) is 7.07. The molecule has 5 heteroatoms. The average molecular weight is 215 g/mol. The minimum absolute atomic E-state index is 0.0547. The Hall–Kier alpha value is -1.26. The molecule has 0 aromatic rings. The van der Waals surface area contributed by atoms with Crippen molar-refractivity contribution < 1.29 is 19.4 Å². The maximum absolute atomic E-state index is 11.6. The van der Waals surface area contributed by atoms with E-state index < -0.39 is 23.7 Å². The number of amides is 1. The first-order chi connectivity index (χ1) is 6.72. The first kappa shape index (κ1) is 11.8. The molecule has 15 heavy (non-hydrogen) atoms. The normalized spacial score (nSPS) is 25.7. The minimum Gasteiger partial charge on any atom is -0.480 e. The number of likely N-dealkylation sites (tertiary alicyclic amines) is 1. The van der Waals surface area contributed by atoms with E-state index in [4.69, 9.17) is 9.84 Å². The third kappa shape index (κ3) is 2.61. The smallest absolute Gasteiger partial charge is 0.411 e. The van der Waals surface area contributed by atoms with Gasteiger partial charge in [0.15, 0.2) is 0 Å². The number of carboxylic acid groups (broad SMARTS) is 1. The molecule has 0 aliphatic carbocycles. The van der Waals surface area contributed by atoms with Crippen LogP contribution in [-0.4, -0.2) is 39.8 Å². The first-order valence-electron chi connectivity index (χ1n) is 4.96. The molecule has 0 aromatic heterocycles. The van der Waals surface area contributed by atoms with E-state index in [-0.39, 0.29) is 6.04 Å². The van der Waals surface area contributed by atoms with E-state index >= 15 is 0 Å². The van der Waals surface area contributed by atoms with E-state index in [2.05, 4.69) is 0 Å². The van der Waals surface area contributed by atoms with Crippen molar-refractivity contribution in [3.63, 3.8) is 0 Å². The van der Waals surface area contributed by atoms with E-state index in [0.29, 0.717) is 6.42 Å². The van der Waals surface area contributed by atoms with Gasteiger partial charge in [0.25, 0.3) is 0 Å². The molecule has 0 saturated carbocycles. The van der Waals surface area contributed by atoms with Gasteiger partial charge in [0.1, 0.15) is 11.6 Å². The Kier molecular flexibility index (Phi) is 2.93. The highest BCUT2D eigenvalue weighted by Crippen LogP contribution is 2.27. The fraction of sp³-hybridized carbons (Fsp3) is 0.800. The van der Waals surface area contributed by atoms with Crippen LogP contribution in [0, 0.1) is 0 Å². The van der Waals surface area contributed by atoms with Crippen molar-refractivity contribution in [2.45, 2.75) is 51.8 Å². The molecule has 1 N–H and O–H groups in total. The molecule has 0 bridgehead atoms. The third-order valence-corrected chi connectivity index (χ3v) is 2.26. The van der Waals surface area contributed by atoms with Gasteiger partial charge in [-0.2, -0.15) is 0 Å². The number of carbonyl (C=O) groups excluding carboxylic acids is 1. The summed E-state index contributed by atoms with van der Waals surface area (Å²) >= 11 is 0. The van der Waals surface area contributed by atoms with E-state index in [1.54, 1.807) is 20.8 Å². The largest absolute Gasteiger partial charge is 0.480 e. The summed E-state index contributed by atoms with van der Waals surface area (Å²) in [4.78, 5) is 23.6. The van der Waals surface area contributed by atoms with Gasteiger partial charge in [-0.1, -0.05) is 0 Å². The van der Waals surface area contributed by atoms with Crippen molar-refractivity contribution in [1.29, 1.82) is 0 Å². The van der Waals surface area contributed by atoms with Crippen LogP contribution in [0.4, 0.5) is 4.79 Å². The maximum Gasteiger partial charge on any atom is 0.411 e. The van der Waals surface area contributed by atoms with Gasteiger partial charge in [0.05, 0.1) is 0 Å². The fourth-order valence-corrected chi connectivity index (χ4v) is 1.56. The second-order valence-corrected chi connectivity index (χ2v) is 4.83. The Morgan fingerprint density at radius 3 is 2.27 bits per heavy atom. The van der Waals surface area contributed by atoms with Gasteiger partial charge in [0.2, 0.25) is 0 Å². The van der Waals surface area contributed by atoms with Gasteiger partial charge in [-0.25, -0.2) is 9.59 Å². The van der Waals surface area contributed by atoms with Crippen LogP contribution in [0.3, 0.4) is 0 Å². The van der Waals surface area contributed by atoms with Gasteiger partial charge in [-0.05, 0) is 34.1 Å². The summed E-state index contributed by atoms with van der Waals surface area (Å²) < 4.78 is 5.12. The zero-order valence-electron chi connectivity index (χ0n) is 9.48. The van der Waals surface area contributed by atoms with Crippen LogP contribution >= 0.6 is 0 Å². The van der Waals surface area contributed by atoms with Crippen LogP contribution in [0.1, 0.15) is 34.1 Å². The number of aliphatic carboxylic acids is 1. The predicted octanol–water partition coefficient (Wildman–Crippen LogP) is 1.47. The highest BCUT2D eigenvalue weighted by atomic mass is 16.6. The second kappa shape index (κ2) is 3.72. The summed E-state index contributed by atoms with van der Waals surface area (Å²) in [5.74, 6) is -0.973. The number of carboxylic acids is 1. The molecule has 5 nitrogen and oxygen atoms in total. The number of rotatable bonds is 1. The molecule has 1 aliphatic rings. The lowest BCUT2D eigenvalue weighted by Crippen LogP contribution is -2.61. The summed E-state index contributed by atoms with van der Waals surface area (Å²) in [6.07, 6.45) is -0.0529. The van der Waals surface area contributed by atoms with Crippen molar-refractivity contribution in [2.75, 3.05) is 0 Å². The highest BCUT2D eigenvalue weighted by Gasteiger charge is 2.45. The lowest BCUT2D eigenvalue weighted by atomic mass is 9.95. The van der Waals surface area contributed by atoms with Gasteiger partial charge in [-0.3, -0.25) is 4.90 Å². The zero-order valence-corrected chi connectivity index (χ0v) is 9.48. The molecule has 1 amide bonds. The molecule has 1 aliphatic heterocycles. The SMILES string of the molecule is C[C@@H]1C[C@@H](C(=O)O)N1C(=O)OC(C)(C)C. The molecule has 86 valence electrons. The Morgan fingerprint density at radius 1 is 1.40 bits per heavy atom. The summed E-state index contributed by atoms with van der Waals surface area (Å²) in [7, 11) is 0. The van der Waals surface area contributed by atoms with Crippen LogP contribution in [0.25, 0.3) is 0 Å². The van der Waals surface area contributed by atoms with Crippen LogP contribution < -0.4 is 0 Å². The zero-order chi connectivity index (χ0) is 11.8. The fourth-order valence-electron chi connectivity index (χ4n) is 1.56. The molecule has 0 spiro atoms. The Morgan fingerprint density at radius 2 is 1.93 bits per heavy atom. The molecule has 1 rings (SSSR count). The monoisotopic (exact) mass is 215 g/mol. The molecular formula is C10H17NO4. The highest BCUT2D eigenvalue weighted by molar-refractivity contribution is 5.82. The van der Waals surface area contributed by atoms with Crippen molar-refractivity contribution in [3.05, 3.63) is 0 Å². The summed E-state index contributed by atoms with van der Waals surface area (Å²) in [6, 6.07) is -0.782. The molecule has 0 radical (unpaired) electrons. The second-order valence-electron chi connectivity index (χ2n) is 4.83. The number of carbonyl (C=O) groups is 2. The predicted molar refractivity (Wildman–Crippen MR) is 53.6 cm³/mol. The Bertz CT molecular complexity index is 282. The molecule has 2 atom stereocenters. The first-order valence-corrected chi connectivity index (χ1v) is 4.96.